The largest absolute Gasteiger partial charge is 0.495 e. The molecule has 3 aromatic carbocycles. The average Bonchev–Trinajstić information content (AvgIpc) is 3.28. The van der Waals surface area contributed by atoms with Crippen LogP contribution in [0.4, 0.5) is 16.2 Å². The Morgan fingerprint density at radius 2 is 1.71 bits per heavy atom. The summed E-state index contributed by atoms with van der Waals surface area (Å²) in [6, 6.07) is 19.3. The van der Waals surface area contributed by atoms with Gasteiger partial charge in [-0.25, -0.2) is 4.79 Å². The van der Waals surface area contributed by atoms with Crippen LogP contribution in [0.25, 0.3) is 0 Å². The number of hydrogen-bond donors (Lipinski definition) is 2. The standard InChI is InChI=1S/C26H26ClN3O4/c1-33-23-16-24(34-2)20(15-19(23)27)28-26(32)29-21(14-17-8-4-3-5-9-17)25(31)30-13-12-18-10-6-7-11-22(18)30/h3-11,15-16,21H,12-14H2,1-2H3,(H2,28,29,32)/t21-/m1/s1. The highest BCUT2D eigenvalue weighted by Crippen LogP contribution is 2.36. The number of benzene rings is 3. The smallest absolute Gasteiger partial charge is 0.320 e. The van der Waals surface area contributed by atoms with Gasteiger partial charge in [0, 0.05) is 24.7 Å². The van der Waals surface area contributed by atoms with Gasteiger partial charge < -0.3 is 25.0 Å². The van der Waals surface area contributed by atoms with Gasteiger partial charge in [-0.15, -0.1) is 0 Å². The number of urea groups is 1. The van der Waals surface area contributed by atoms with Gasteiger partial charge in [0.05, 0.1) is 24.9 Å². The van der Waals surface area contributed by atoms with Crippen molar-refractivity contribution in [3.63, 3.8) is 0 Å². The number of para-hydroxylation sites is 1. The molecular formula is C26H26ClN3O4. The Balaban J connectivity index is 1.56. The van der Waals surface area contributed by atoms with Crippen LogP contribution in [-0.4, -0.2) is 38.7 Å². The molecule has 0 aliphatic carbocycles. The van der Waals surface area contributed by atoms with Gasteiger partial charge in [0.1, 0.15) is 17.5 Å². The average molecular weight is 480 g/mol. The predicted octanol–water partition coefficient (Wildman–Crippen LogP) is 4.68. The number of methoxy groups -OCH3 is 2. The maximum absolute atomic E-state index is 13.6. The van der Waals surface area contributed by atoms with Gasteiger partial charge in [-0.1, -0.05) is 60.1 Å². The molecule has 0 bridgehead atoms. The van der Waals surface area contributed by atoms with Crippen molar-refractivity contribution in [2.45, 2.75) is 18.9 Å². The molecular weight excluding hydrogens is 454 g/mol. The van der Waals surface area contributed by atoms with Crippen molar-refractivity contribution in [3.05, 3.63) is 82.9 Å². The molecule has 1 aliphatic rings. The monoisotopic (exact) mass is 479 g/mol. The van der Waals surface area contributed by atoms with Crippen molar-refractivity contribution in [3.8, 4) is 11.5 Å². The molecule has 0 aromatic heterocycles. The van der Waals surface area contributed by atoms with Crippen LogP contribution in [0.3, 0.4) is 0 Å². The second-order valence-corrected chi connectivity index (χ2v) is 8.30. The number of nitrogens with one attached hydrogen (secondary N) is 2. The molecule has 1 aliphatic heterocycles. The van der Waals surface area contributed by atoms with Gasteiger partial charge in [-0.3, -0.25) is 4.79 Å². The van der Waals surface area contributed by atoms with E-state index in [1.165, 1.54) is 14.2 Å². The number of carbonyl (C=O) groups is 2. The maximum Gasteiger partial charge on any atom is 0.320 e. The van der Waals surface area contributed by atoms with Gasteiger partial charge in [0.15, 0.2) is 0 Å². The fourth-order valence-electron chi connectivity index (χ4n) is 4.08. The fraction of sp³-hybridized carbons (Fsp3) is 0.231. The quantitative estimate of drug-likeness (QED) is 0.515. The summed E-state index contributed by atoms with van der Waals surface area (Å²) in [7, 11) is 2.98. The Hall–Kier alpha value is -3.71. The molecule has 1 heterocycles. The summed E-state index contributed by atoms with van der Waals surface area (Å²) in [5, 5.41) is 5.92. The van der Waals surface area contributed by atoms with Gasteiger partial charge in [0.25, 0.3) is 0 Å². The van der Waals surface area contributed by atoms with E-state index in [1.807, 2.05) is 54.6 Å². The number of amides is 3. The second-order valence-electron chi connectivity index (χ2n) is 7.90. The van der Waals surface area contributed by atoms with E-state index in [0.29, 0.717) is 35.2 Å². The highest BCUT2D eigenvalue weighted by atomic mass is 35.5. The molecule has 0 saturated carbocycles. The van der Waals surface area contributed by atoms with E-state index in [0.717, 1.165) is 23.2 Å². The summed E-state index contributed by atoms with van der Waals surface area (Å²) in [5.74, 6) is 0.647. The maximum atomic E-state index is 13.6. The Kier molecular flexibility index (Phi) is 7.23. The molecule has 3 aromatic rings. The van der Waals surface area contributed by atoms with E-state index in [9.17, 15) is 9.59 Å². The van der Waals surface area contributed by atoms with Gasteiger partial charge in [-0.2, -0.15) is 0 Å². The third-order valence-corrected chi connectivity index (χ3v) is 6.06. The SMILES string of the molecule is COc1cc(OC)c(NC(=O)N[C@H](Cc2ccccc2)C(=O)N2CCc3ccccc32)cc1Cl. The number of rotatable bonds is 7. The molecule has 8 heteroatoms. The first-order valence-electron chi connectivity index (χ1n) is 10.9. The summed E-state index contributed by atoms with van der Waals surface area (Å²) < 4.78 is 10.6. The molecule has 176 valence electrons. The number of nitrogens with zero attached hydrogens (tertiary/aromatic N) is 1. The highest BCUT2D eigenvalue weighted by molar-refractivity contribution is 6.32. The molecule has 7 nitrogen and oxygen atoms in total. The molecule has 0 saturated heterocycles. The van der Waals surface area contributed by atoms with Crippen LogP contribution in [-0.2, 0) is 17.6 Å². The normalized spacial score (nSPS) is 13.1. The minimum Gasteiger partial charge on any atom is -0.495 e. The number of anilines is 2. The van der Waals surface area contributed by atoms with E-state index >= 15 is 0 Å². The van der Waals surface area contributed by atoms with Crippen LogP contribution in [0.2, 0.25) is 5.02 Å². The first-order valence-corrected chi connectivity index (χ1v) is 11.3. The zero-order valence-electron chi connectivity index (χ0n) is 19.0. The first kappa shape index (κ1) is 23.4. The van der Waals surface area contributed by atoms with E-state index < -0.39 is 12.1 Å². The lowest BCUT2D eigenvalue weighted by atomic mass is 10.0. The van der Waals surface area contributed by atoms with Crippen molar-refractivity contribution in [1.29, 1.82) is 0 Å². The lowest BCUT2D eigenvalue weighted by molar-refractivity contribution is -0.120. The predicted molar refractivity (Wildman–Crippen MR) is 133 cm³/mol. The van der Waals surface area contributed by atoms with Gasteiger partial charge >= 0.3 is 6.03 Å². The number of hydrogen-bond acceptors (Lipinski definition) is 4. The molecule has 0 spiro atoms. The van der Waals surface area contributed by atoms with Crippen molar-refractivity contribution >= 4 is 34.9 Å². The Bertz CT molecular complexity index is 1190. The number of ether oxygens (including phenoxy) is 2. The molecule has 0 fully saturated rings. The second kappa shape index (κ2) is 10.5. The van der Waals surface area contributed by atoms with E-state index in [4.69, 9.17) is 21.1 Å². The van der Waals surface area contributed by atoms with Gasteiger partial charge in [-0.05, 0) is 29.7 Å². The Morgan fingerprint density at radius 1 is 1.00 bits per heavy atom. The summed E-state index contributed by atoms with van der Waals surface area (Å²) in [6.07, 6.45) is 1.14. The van der Waals surface area contributed by atoms with Crippen molar-refractivity contribution in [2.24, 2.45) is 0 Å². The van der Waals surface area contributed by atoms with Crippen LogP contribution in [0, 0.1) is 0 Å². The van der Waals surface area contributed by atoms with E-state index in [1.54, 1.807) is 17.0 Å². The molecule has 0 radical (unpaired) electrons. The third-order valence-electron chi connectivity index (χ3n) is 5.76. The molecule has 3 amide bonds. The summed E-state index contributed by atoms with van der Waals surface area (Å²) in [6.45, 7) is 0.578. The number of fused-ring (bicyclic) bond motifs is 1. The van der Waals surface area contributed by atoms with Crippen molar-refractivity contribution in [2.75, 3.05) is 31.0 Å². The number of halogens is 1. The van der Waals surface area contributed by atoms with Crippen LogP contribution < -0.4 is 25.0 Å². The van der Waals surface area contributed by atoms with E-state index in [-0.39, 0.29) is 5.91 Å². The van der Waals surface area contributed by atoms with Crippen molar-refractivity contribution in [1.82, 2.24) is 5.32 Å². The molecule has 34 heavy (non-hydrogen) atoms. The summed E-state index contributed by atoms with van der Waals surface area (Å²) in [4.78, 5) is 28.3. The van der Waals surface area contributed by atoms with Crippen molar-refractivity contribution < 1.29 is 19.1 Å². The Labute approximate surface area is 203 Å². The van der Waals surface area contributed by atoms with Crippen LogP contribution in [0.1, 0.15) is 11.1 Å². The molecule has 1 atom stereocenters. The number of carbonyl (C=O) groups excluding carboxylic acids is 2. The fourth-order valence-corrected chi connectivity index (χ4v) is 4.32. The minimum atomic E-state index is -0.770. The molecule has 2 N–H and O–H groups in total. The van der Waals surface area contributed by atoms with E-state index in [2.05, 4.69) is 10.6 Å². The topological polar surface area (TPSA) is 79.9 Å². The highest BCUT2D eigenvalue weighted by Gasteiger charge is 2.31. The first-order chi connectivity index (χ1) is 16.5. The minimum absolute atomic E-state index is 0.163. The zero-order valence-corrected chi connectivity index (χ0v) is 19.8. The Morgan fingerprint density at radius 3 is 2.44 bits per heavy atom. The lowest BCUT2D eigenvalue weighted by Crippen LogP contribution is -2.50. The zero-order chi connectivity index (χ0) is 24.1. The lowest BCUT2D eigenvalue weighted by Gasteiger charge is -2.25. The summed E-state index contributed by atoms with van der Waals surface area (Å²) >= 11 is 6.23. The summed E-state index contributed by atoms with van der Waals surface area (Å²) in [5.41, 5.74) is 3.31. The third kappa shape index (κ3) is 5.10. The molecule has 0 unspecified atom stereocenters. The van der Waals surface area contributed by atoms with Crippen LogP contribution in [0.15, 0.2) is 66.7 Å². The van der Waals surface area contributed by atoms with Gasteiger partial charge in [0.2, 0.25) is 5.91 Å². The van der Waals surface area contributed by atoms with Crippen LogP contribution in [0.5, 0.6) is 11.5 Å². The molecule has 4 rings (SSSR count). The van der Waals surface area contributed by atoms with Crippen LogP contribution >= 0.6 is 11.6 Å².